The van der Waals surface area contributed by atoms with E-state index in [2.05, 4.69) is 11.4 Å². The van der Waals surface area contributed by atoms with Crippen molar-refractivity contribution in [2.24, 2.45) is 0 Å². The summed E-state index contributed by atoms with van der Waals surface area (Å²) in [6, 6.07) is 21.6. The summed E-state index contributed by atoms with van der Waals surface area (Å²) in [4.78, 5) is 17.4. The number of imidazole rings is 1. The van der Waals surface area contributed by atoms with Gasteiger partial charge < -0.3 is 5.32 Å². The minimum Gasteiger partial charge on any atom is -0.325 e. The smallest absolute Gasteiger partial charge is 0.237 e. The van der Waals surface area contributed by atoms with Crippen molar-refractivity contribution in [2.75, 3.05) is 5.32 Å². The summed E-state index contributed by atoms with van der Waals surface area (Å²) in [5.41, 5.74) is 4.71. The van der Waals surface area contributed by atoms with Crippen molar-refractivity contribution >= 4 is 40.0 Å². The highest BCUT2D eigenvalue weighted by Crippen LogP contribution is 2.32. The Labute approximate surface area is 173 Å². The molecule has 144 valence electrons. The Hall–Kier alpha value is -3.30. The van der Waals surface area contributed by atoms with Gasteiger partial charge in [0.2, 0.25) is 5.91 Å². The standard InChI is InChI=1S/C23H20N4OS/c1-3-16-13-21(29-15(2)23(28)25-17-9-5-4-6-10-17)27-20-12-8-7-11-19(20)26-22(27)18(16)14-24/h4-13,15H,3H2,1-2H3,(H,25,28)/t15-/m0/s1. The second-order valence-electron chi connectivity index (χ2n) is 6.72. The van der Waals surface area contributed by atoms with Crippen LogP contribution in [0.15, 0.2) is 65.7 Å². The third kappa shape index (κ3) is 3.57. The summed E-state index contributed by atoms with van der Waals surface area (Å²) >= 11 is 1.47. The normalized spacial score (nSPS) is 12.0. The van der Waals surface area contributed by atoms with E-state index < -0.39 is 0 Å². The molecule has 1 amide bonds. The number of pyridine rings is 1. The number of fused-ring (bicyclic) bond motifs is 3. The largest absolute Gasteiger partial charge is 0.325 e. The average Bonchev–Trinajstić information content (AvgIpc) is 3.13. The molecule has 4 aromatic rings. The molecule has 0 aliphatic heterocycles. The van der Waals surface area contributed by atoms with Crippen LogP contribution in [-0.4, -0.2) is 20.5 Å². The molecule has 2 aromatic heterocycles. The number of benzene rings is 2. The Balaban J connectivity index is 1.76. The van der Waals surface area contributed by atoms with E-state index in [4.69, 9.17) is 4.98 Å². The van der Waals surface area contributed by atoms with Gasteiger partial charge in [0.15, 0.2) is 5.65 Å². The fourth-order valence-electron chi connectivity index (χ4n) is 3.33. The summed E-state index contributed by atoms with van der Waals surface area (Å²) in [6.45, 7) is 3.91. The number of hydrogen-bond donors (Lipinski definition) is 1. The van der Waals surface area contributed by atoms with Gasteiger partial charge in [-0.25, -0.2) is 4.98 Å². The lowest BCUT2D eigenvalue weighted by Gasteiger charge is -2.15. The van der Waals surface area contributed by atoms with Gasteiger partial charge >= 0.3 is 0 Å². The number of carbonyl (C=O) groups is 1. The number of nitriles is 1. The summed E-state index contributed by atoms with van der Waals surface area (Å²) < 4.78 is 1.99. The summed E-state index contributed by atoms with van der Waals surface area (Å²) in [5, 5.41) is 13.3. The van der Waals surface area contributed by atoms with Gasteiger partial charge in [-0.1, -0.05) is 49.0 Å². The molecule has 1 N–H and O–H groups in total. The fourth-order valence-corrected chi connectivity index (χ4v) is 4.36. The number of aryl methyl sites for hydroxylation is 1. The Morgan fingerprint density at radius 3 is 2.66 bits per heavy atom. The van der Waals surface area contributed by atoms with Gasteiger partial charge in [-0.2, -0.15) is 5.26 Å². The SMILES string of the molecule is CCc1cc(S[C@@H](C)C(=O)Nc2ccccc2)n2c(nc3ccccc32)c1C#N. The summed E-state index contributed by atoms with van der Waals surface area (Å²) in [5.74, 6) is -0.0684. The van der Waals surface area contributed by atoms with E-state index in [9.17, 15) is 10.1 Å². The van der Waals surface area contributed by atoms with Crippen LogP contribution in [0.4, 0.5) is 5.69 Å². The van der Waals surface area contributed by atoms with Crippen molar-refractivity contribution in [1.82, 2.24) is 9.38 Å². The molecule has 0 saturated heterocycles. The zero-order chi connectivity index (χ0) is 20.4. The number of nitrogens with one attached hydrogen (secondary N) is 1. The van der Waals surface area contributed by atoms with Crippen LogP contribution in [0, 0.1) is 11.3 Å². The zero-order valence-corrected chi connectivity index (χ0v) is 17.0. The molecule has 1 atom stereocenters. The molecule has 2 aromatic carbocycles. The second-order valence-corrected chi connectivity index (χ2v) is 8.08. The molecule has 29 heavy (non-hydrogen) atoms. The van der Waals surface area contributed by atoms with Gasteiger partial charge in [0.25, 0.3) is 0 Å². The lowest BCUT2D eigenvalue weighted by molar-refractivity contribution is -0.115. The van der Waals surface area contributed by atoms with Crippen LogP contribution in [-0.2, 0) is 11.2 Å². The lowest BCUT2D eigenvalue weighted by Crippen LogP contribution is -2.22. The number of amides is 1. The molecular weight excluding hydrogens is 380 g/mol. The topological polar surface area (TPSA) is 70.2 Å². The molecule has 0 aliphatic carbocycles. The van der Waals surface area contributed by atoms with Gasteiger partial charge in [-0.05, 0) is 49.2 Å². The minimum atomic E-state index is -0.322. The molecule has 0 unspecified atom stereocenters. The molecule has 6 heteroatoms. The molecule has 5 nitrogen and oxygen atoms in total. The molecule has 0 bridgehead atoms. The molecule has 2 heterocycles. The van der Waals surface area contributed by atoms with Crippen LogP contribution in [0.2, 0.25) is 0 Å². The van der Waals surface area contributed by atoms with Gasteiger partial charge in [0, 0.05) is 5.69 Å². The van der Waals surface area contributed by atoms with E-state index in [-0.39, 0.29) is 11.2 Å². The van der Waals surface area contributed by atoms with Crippen LogP contribution in [0.3, 0.4) is 0 Å². The maximum absolute atomic E-state index is 12.7. The first-order valence-corrected chi connectivity index (χ1v) is 10.4. The highest BCUT2D eigenvalue weighted by molar-refractivity contribution is 8.00. The third-order valence-corrected chi connectivity index (χ3v) is 5.93. The maximum Gasteiger partial charge on any atom is 0.237 e. The van der Waals surface area contributed by atoms with Crippen LogP contribution in [0.1, 0.15) is 25.0 Å². The van der Waals surface area contributed by atoms with Crippen LogP contribution in [0.5, 0.6) is 0 Å². The van der Waals surface area contributed by atoms with E-state index in [1.54, 1.807) is 0 Å². The molecular formula is C23H20N4OS. The van der Waals surface area contributed by atoms with Crippen molar-refractivity contribution in [2.45, 2.75) is 30.5 Å². The van der Waals surface area contributed by atoms with E-state index in [1.807, 2.05) is 78.9 Å². The molecule has 0 fully saturated rings. The summed E-state index contributed by atoms with van der Waals surface area (Å²) in [7, 11) is 0. The number of anilines is 1. The number of para-hydroxylation sites is 3. The highest BCUT2D eigenvalue weighted by Gasteiger charge is 2.21. The van der Waals surface area contributed by atoms with Crippen LogP contribution >= 0.6 is 11.8 Å². The third-order valence-electron chi connectivity index (χ3n) is 4.82. The van der Waals surface area contributed by atoms with Crippen molar-refractivity contribution < 1.29 is 4.79 Å². The first-order valence-electron chi connectivity index (χ1n) is 9.48. The number of rotatable bonds is 5. The Bertz CT molecular complexity index is 1240. The van der Waals surface area contributed by atoms with Crippen LogP contribution < -0.4 is 5.32 Å². The van der Waals surface area contributed by atoms with Gasteiger partial charge in [0.1, 0.15) is 6.07 Å². The molecule has 4 rings (SSSR count). The number of thioether (sulfide) groups is 1. The Morgan fingerprint density at radius 1 is 1.21 bits per heavy atom. The first kappa shape index (κ1) is 19.0. The number of carbonyl (C=O) groups excluding carboxylic acids is 1. The van der Waals surface area contributed by atoms with Crippen LogP contribution in [0.25, 0.3) is 16.7 Å². The van der Waals surface area contributed by atoms with Gasteiger partial charge in [-0.15, -0.1) is 0 Å². The maximum atomic E-state index is 12.7. The minimum absolute atomic E-state index is 0.0684. The second kappa shape index (κ2) is 7.98. The molecule has 0 saturated carbocycles. The molecule has 0 spiro atoms. The predicted molar refractivity (Wildman–Crippen MR) is 117 cm³/mol. The predicted octanol–water partition coefficient (Wildman–Crippen LogP) is 5.04. The van der Waals surface area contributed by atoms with E-state index in [1.165, 1.54) is 11.8 Å². The average molecular weight is 401 g/mol. The number of hydrogen-bond acceptors (Lipinski definition) is 4. The molecule has 0 radical (unpaired) electrons. The molecule has 0 aliphatic rings. The van der Waals surface area contributed by atoms with E-state index in [0.29, 0.717) is 11.2 Å². The van der Waals surface area contributed by atoms with Crippen molar-refractivity contribution in [3.8, 4) is 6.07 Å². The van der Waals surface area contributed by atoms with Gasteiger partial charge in [-0.3, -0.25) is 9.20 Å². The van der Waals surface area contributed by atoms with Gasteiger partial charge in [0.05, 0.1) is 26.9 Å². The Morgan fingerprint density at radius 2 is 1.93 bits per heavy atom. The first-order chi connectivity index (χ1) is 14.1. The van der Waals surface area contributed by atoms with Crippen molar-refractivity contribution in [3.63, 3.8) is 0 Å². The Kier molecular flexibility index (Phi) is 5.24. The zero-order valence-electron chi connectivity index (χ0n) is 16.2. The lowest BCUT2D eigenvalue weighted by atomic mass is 10.1. The number of aromatic nitrogens is 2. The fraction of sp³-hybridized carbons (Fsp3) is 0.174. The van der Waals surface area contributed by atoms with E-state index in [0.717, 1.165) is 33.7 Å². The monoisotopic (exact) mass is 400 g/mol. The quantitative estimate of drug-likeness (QED) is 0.477. The van der Waals surface area contributed by atoms with Crippen molar-refractivity contribution in [3.05, 3.63) is 71.8 Å². The number of nitrogens with zero attached hydrogens (tertiary/aromatic N) is 3. The van der Waals surface area contributed by atoms with E-state index >= 15 is 0 Å². The summed E-state index contributed by atoms with van der Waals surface area (Å²) in [6.07, 6.45) is 0.723. The highest BCUT2D eigenvalue weighted by atomic mass is 32.2. The van der Waals surface area contributed by atoms with Crippen molar-refractivity contribution in [1.29, 1.82) is 5.26 Å².